The Morgan fingerprint density at radius 1 is 0.883 bits per heavy atom. The summed E-state index contributed by atoms with van der Waals surface area (Å²) in [5.74, 6) is -1.03. The van der Waals surface area contributed by atoms with Crippen LogP contribution in [0.5, 0.6) is 11.5 Å². The summed E-state index contributed by atoms with van der Waals surface area (Å²) in [6, 6.07) is 11.3. The van der Waals surface area contributed by atoms with Crippen LogP contribution in [-0.2, 0) is 20.6 Å². The van der Waals surface area contributed by atoms with Crippen molar-refractivity contribution < 1.29 is 46.6 Å². The molecule has 5 heterocycles. The molecule has 3 aliphatic rings. The zero-order valence-corrected chi connectivity index (χ0v) is 33.4. The summed E-state index contributed by atoms with van der Waals surface area (Å²) in [7, 11) is 0. The SMILES string of the molecule is CC(C)Oc1cc2nc(C3CCN(C(=O)C4CCCCC(NC(=O)c5ccc(OC6CCC(=O)NC6=O)cc5)CC4)CC3)cn2cc1NC(=O)c1cccc(C(F)(F)F)n1. The molecule has 2 aliphatic heterocycles. The molecular formula is C43H48F3N7O7. The number of halogens is 3. The number of likely N-dealkylation sites (tertiary alicyclic amines) is 1. The predicted molar refractivity (Wildman–Crippen MR) is 212 cm³/mol. The van der Waals surface area contributed by atoms with Crippen molar-refractivity contribution in [3.05, 3.63) is 83.6 Å². The third-order valence-electron chi connectivity index (χ3n) is 11.2. The van der Waals surface area contributed by atoms with Crippen LogP contribution in [0.4, 0.5) is 18.9 Å². The fourth-order valence-corrected chi connectivity index (χ4v) is 8.00. The fraction of sp³-hybridized carbons (Fsp3) is 0.465. The first-order valence-corrected chi connectivity index (χ1v) is 20.4. The topological polar surface area (TPSA) is 173 Å². The first kappa shape index (κ1) is 42.1. The number of imide groups is 1. The van der Waals surface area contributed by atoms with E-state index >= 15 is 0 Å². The van der Waals surface area contributed by atoms with Crippen LogP contribution in [-0.4, -0.2) is 80.1 Å². The van der Waals surface area contributed by atoms with Crippen LogP contribution in [0.25, 0.3) is 5.65 Å². The molecule has 2 saturated heterocycles. The van der Waals surface area contributed by atoms with Gasteiger partial charge in [-0.25, -0.2) is 9.97 Å². The second kappa shape index (κ2) is 18.1. The minimum Gasteiger partial charge on any atom is -0.489 e. The first-order chi connectivity index (χ1) is 28.7. The lowest BCUT2D eigenvalue weighted by atomic mass is 9.86. The number of anilines is 1. The van der Waals surface area contributed by atoms with Gasteiger partial charge in [0.25, 0.3) is 17.7 Å². The number of fused-ring (bicyclic) bond motifs is 1. The number of piperidine rings is 2. The molecule has 5 amide bonds. The number of nitrogens with zero attached hydrogens (tertiary/aromatic N) is 4. The second-order valence-corrected chi connectivity index (χ2v) is 15.9. The summed E-state index contributed by atoms with van der Waals surface area (Å²) in [4.78, 5) is 73.8. The van der Waals surface area contributed by atoms with Crippen molar-refractivity contribution in [2.75, 3.05) is 18.4 Å². The van der Waals surface area contributed by atoms with E-state index in [1.54, 1.807) is 40.9 Å². The van der Waals surface area contributed by atoms with Gasteiger partial charge in [-0.05, 0) is 88.8 Å². The summed E-state index contributed by atoms with van der Waals surface area (Å²) in [6.45, 7) is 4.78. The van der Waals surface area contributed by atoms with Crippen molar-refractivity contribution in [3.8, 4) is 11.5 Å². The van der Waals surface area contributed by atoms with Crippen LogP contribution < -0.4 is 25.4 Å². The Morgan fingerprint density at radius 3 is 2.35 bits per heavy atom. The third kappa shape index (κ3) is 10.2. The number of ether oxygens (including phenoxy) is 2. The number of carbonyl (C=O) groups excluding carboxylic acids is 5. The van der Waals surface area contributed by atoms with Gasteiger partial charge in [-0.2, -0.15) is 13.2 Å². The van der Waals surface area contributed by atoms with Crippen molar-refractivity contribution in [1.29, 1.82) is 0 Å². The molecule has 3 aromatic heterocycles. The van der Waals surface area contributed by atoms with E-state index in [0.717, 1.165) is 43.5 Å². The van der Waals surface area contributed by atoms with Gasteiger partial charge in [-0.1, -0.05) is 18.9 Å². The summed E-state index contributed by atoms with van der Waals surface area (Å²) in [5, 5.41) is 8.07. The number of rotatable bonds is 10. The Kier molecular flexibility index (Phi) is 12.7. The number of carbonyl (C=O) groups is 5. The number of aromatic nitrogens is 3. The molecule has 3 unspecified atom stereocenters. The van der Waals surface area contributed by atoms with E-state index in [4.69, 9.17) is 14.5 Å². The number of hydrogen-bond donors (Lipinski definition) is 3. The highest BCUT2D eigenvalue weighted by molar-refractivity contribution is 6.04. The van der Waals surface area contributed by atoms with Gasteiger partial charge in [0.1, 0.15) is 34.2 Å². The highest BCUT2D eigenvalue weighted by Crippen LogP contribution is 2.34. The van der Waals surface area contributed by atoms with Gasteiger partial charge >= 0.3 is 6.18 Å². The van der Waals surface area contributed by atoms with Crippen LogP contribution in [0.15, 0.2) is 60.9 Å². The average Bonchev–Trinajstić information content (AvgIpc) is 3.62. The van der Waals surface area contributed by atoms with Crippen LogP contribution in [0.1, 0.15) is 116 Å². The molecule has 14 nitrogen and oxygen atoms in total. The number of hydrogen-bond acceptors (Lipinski definition) is 9. The van der Waals surface area contributed by atoms with E-state index in [9.17, 15) is 37.1 Å². The lowest BCUT2D eigenvalue weighted by Crippen LogP contribution is -2.46. The lowest BCUT2D eigenvalue weighted by molar-refractivity contribution is -0.141. The van der Waals surface area contributed by atoms with Crippen molar-refractivity contribution in [2.45, 2.75) is 108 Å². The molecule has 0 radical (unpaired) electrons. The lowest BCUT2D eigenvalue weighted by Gasteiger charge is -2.35. The van der Waals surface area contributed by atoms with Gasteiger partial charge in [0, 0.05) is 67.8 Å². The van der Waals surface area contributed by atoms with Crippen LogP contribution in [0.3, 0.4) is 0 Å². The summed E-state index contributed by atoms with van der Waals surface area (Å²) < 4.78 is 53.2. The molecule has 3 fully saturated rings. The van der Waals surface area contributed by atoms with Gasteiger partial charge in [0.2, 0.25) is 11.8 Å². The van der Waals surface area contributed by atoms with E-state index in [1.165, 1.54) is 6.07 Å². The molecule has 3 atom stereocenters. The number of imidazole rings is 1. The standard InChI is InChI=1S/C43H48F3N7O7/c1-25(2)59-35-22-37-49-32(23-53(37)24-33(35)50-40(56)31-8-5-9-36(48-31)43(44,45)46)26-18-20-52(21-19-26)42(58)28-6-3-4-7-29(13-10-28)47-39(55)27-11-14-30(15-12-27)60-34-16-17-38(54)51-41(34)57/h5,8-9,11-12,14-15,22-26,28-29,34H,3-4,6-7,10,13,16-21H2,1-2H3,(H,47,55)(H,50,56)(H,51,54,57). The minimum absolute atomic E-state index is 0.0748. The van der Waals surface area contributed by atoms with E-state index < -0.39 is 29.8 Å². The number of benzene rings is 1. The van der Waals surface area contributed by atoms with E-state index in [2.05, 4.69) is 20.9 Å². The Morgan fingerprint density at radius 2 is 1.63 bits per heavy atom. The molecule has 4 aromatic rings. The van der Waals surface area contributed by atoms with Crippen molar-refractivity contribution in [2.24, 2.45) is 5.92 Å². The molecule has 3 N–H and O–H groups in total. The highest BCUT2D eigenvalue weighted by atomic mass is 19.4. The second-order valence-electron chi connectivity index (χ2n) is 15.9. The fourth-order valence-electron chi connectivity index (χ4n) is 8.00. The average molecular weight is 832 g/mol. The van der Waals surface area contributed by atoms with Crippen molar-refractivity contribution >= 4 is 40.9 Å². The van der Waals surface area contributed by atoms with E-state index in [0.29, 0.717) is 67.9 Å². The predicted octanol–water partition coefficient (Wildman–Crippen LogP) is 6.45. The Hall–Kier alpha value is -6.00. The zero-order chi connectivity index (χ0) is 42.6. The summed E-state index contributed by atoms with van der Waals surface area (Å²) in [6.07, 6.45) is 4.40. The van der Waals surface area contributed by atoms with Gasteiger partial charge in [-0.3, -0.25) is 29.3 Å². The van der Waals surface area contributed by atoms with Gasteiger partial charge < -0.3 is 29.4 Å². The number of amides is 5. The highest BCUT2D eigenvalue weighted by Gasteiger charge is 2.34. The van der Waals surface area contributed by atoms with Gasteiger partial charge in [-0.15, -0.1) is 0 Å². The molecule has 0 bridgehead atoms. The van der Waals surface area contributed by atoms with Crippen LogP contribution >= 0.6 is 0 Å². The molecule has 0 spiro atoms. The summed E-state index contributed by atoms with van der Waals surface area (Å²) in [5.41, 5.74) is 0.539. The maximum atomic E-state index is 13.8. The minimum atomic E-state index is -4.70. The van der Waals surface area contributed by atoms with Crippen molar-refractivity contribution in [3.63, 3.8) is 0 Å². The molecule has 318 valence electrons. The normalized spacial score (nSPS) is 20.6. The first-order valence-electron chi connectivity index (χ1n) is 20.4. The van der Waals surface area contributed by atoms with Gasteiger partial charge in [0.05, 0.1) is 11.8 Å². The number of pyridine rings is 2. The van der Waals surface area contributed by atoms with Crippen molar-refractivity contribution in [1.82, 2.24) is 29.9 Å². The van der Waals surface area contributed by atoms with Crippen LogP contribution in [0.2, 0.25) is 0 Å². The maximum absolute atomic E-state index is 13.8. The Labute approximate surface area is 344 Å². The Bertz CT molecular complexity index is 2240. The molecule has 60 heavy (non-hydrogen) atoms. The molecule has 1 saturated carbocycles. The van der Waals surface area contributed by atoms with E-state index in [-0.39, 0.29) is 59.5 Å². The van der Waals surface area contributed by atoms with Gasteiger partial charge in [0.15, 0.2) is 6.10 Å². The molecule has 7 rings (SSSR count). The molecule has 1 aromatic carbocycles. The van der Waals surface area contributed by atoms with E-state index in [1.807, 2.05) is 24.9 Å². The third-order valence-corrected chi connectivity index (χ3v) is 11.2. The van der Waals surface area contributed by atoms with Crippen LogP contribution in [0, 0.1) is 5.92 Å². The molecular weight excluding hydrogens is 784 g/mol. The maximum Gasteiger partial charge on any atom is 0.433 e. The zero-order valence-electron chi connectivity index (χ0n) is 33.4. The molecule has 1 aliphatic carbocycles. The number of nitrogens with one attached hydrogen (secondary N) is 3. The summed E-state index contributed by atoms with van der Waals surface area (Å²) >= 11 is 0. The number of alkyl halides is 3. The molecule has 17 heteroatoms. The monoisotopic (exact) mass is 831 g/mol. The largest absolute Gasteiger partial charge is 0.489 e. The Balaban J connectivity index is 0.926. The smallest absolute Gasteiger partial charge is 0.433 e. The quantitative estimate of drug-likeness (QED) is 0.152.